The van der Waals surface area contributed by atoms with Crippen molar-refractivity contribution in [3.63, 3.8) is 0 Å². The van der Waals surface area contributed by atoms with Crippen molar-refractivity contribution in [2.24, 2.45) is 5.92 Å². The van der Waals surface area contributed by atoms with Crippen LogP contribution in [0.3, 0.4) is 0 Å². The molecule has 0 spiro atoms. The normalized spacial score (nSPS) is 15.3. The molecular formula is C19H17ClFNO2. The lowest BCUT2D eigenvalue weighted by atomic mass is 9.88. The number of carbonyl (C=O) groups excluding carboxylic acids is 2. The molecule has 0 unspecified atom stereocenters. The highest BCUT2D eigenvalue weighted by Gasteiger charge is 2.30. The number of carbonyl (C=O) groups is 2. The van der Waals surface area contributed by atoms with E-state index in [0.717, 1.165) is 0 Å². The van der Waals surface area contributed by atoms with Crippen LogP contribution in [-0.4, -0.2) is 29.7 Å². The number of benzene rings is 2. The molecule has 0 aliphatic carbocycles. The number of rotatable bonds is 3. The van der Waals surface area contributed by atoms with Gasteiger partial charge in [0.05, 0.1) is 10.6 Å². The molecular weight excluding hydrogens is 329 g/mol. The Labute approximate surface area is 145 Å². The van der Waals surface area contributed by atoms with E-state index >= 15 is 0 Å². The van der Waals surface area contributed by atoms with Crippen LogP contribution < -0.4 is 0 Å². The molecule has 2 aromatic rings. The summed E-state index contributed by atoms with van der Waals surface area (Å²) in [5.74, 6) is -1.03. The van der Waals surface area contributed by atoms with E-state index in [1.165, 1.54) is 18.2 Å². The number of likely N-dealkylation sites (tertiary alicyclic amines) is 1. The Morgan fingerprint density at radius 2 is 1.67 bits per heavy atom. The van der Waals surface area contributed by atoms with Crippen molar-refractivity contribution in [2.75, 3.05) is 13.1 Å². The number of amides is 1. The second kappa shape index (κ2) is 7.14. The number of Topliss-reactive ketones (excluding diaryl/α,β-unsaturated/α-hetero) is 1. The first-order valence-corrected chi connectivity index (χ1v) is 8.28. The van der Waals surface area contributed by atoms with Crippen molar-refractivity contribution in [3.05, 3.63) is 70.5 Å². The maximum absolute atomic E-state index is 13.9. The Kier molecular flexibility index (Phi) is 4.95. The lowest BCUT2D eigenvalue weighted by Crippen LogP contribution is -2.40. The van der Waals surface area contributed by atoms with Crippen LogP contribution in [0.25, 0.3) is 0 Å². The summed E-state index contributed by atoms with van der Waals surface area (Å²) in [6, 6.07) is 13.4. The second-order valence-electron chi connectivity index (χ2n) is 5.89. The minimum Gasteiger partial charge on any atom is -0.338 e. The van der Waals surface area contributed by atoms with E-state index in [1.807, 2.05) is 18.2 Å². The number of hydrogen-bond donors (Lipinski definition) is 0. The van der Waals surface area contributed by atoms with E-state index in [1.54, 1.807) is 17.0 Å². The third-order valence-corrected chi connectivity index (χ3v) is 4.70. The molecule has 0 aromatic heterocycles. The molecule has 3 rings (SSSR count). The SMILES string of the molecule is O=C(c1ccccc1)C1CCN(C(=O)c2c(F)cccc2Cl)CC1. The Balaban J connectivity index is 1.67. The van der Waals surface area contributed by atoms with Crippen LogP contribution in [0.5, 0.6) is 0 Å². The largest absolute Gasteiger partial charge is 0.338 e. The van der Waals surface area contributed by atoms with Gasteiger partial charge in [0.2, 0.25) is 0 Å². The smallest absolute Gasteiger partial charge is 0.258 e. The van der Waals surface area contributed by atoms with Gasteiger partial charge in [0.25, 0.3) is 5.91 Å². The highest BCUT2D eigenvalue weighted by molar-refractivity contribution is 6.33. The Bertz CT molecular complexity index is 735. The molecule has 5 heteroatoms. The average Bonchev–Trinajstić information content (AvgIpc) is 2.62. The molecule has 0 bridgehead atoms. The van der Waals surface area contributed by atoms with Crippen molar-refractivity contribution in [1.82, 2.24) is 4.90 Å². The van der Waals surface area contributed by atoms with Crippen LogP contribution in [0.1, 0.15) is 33.6 Å². The highest BCUT2D eigenvalue weighted by atomic mass is 35.5. The van der Waals surface area contributed by atoms with Crippen LogP contribution >= 0.6 is 11.6 Å². The molecule has 0 saturated carbocycles. The maximum atomic E-state index is 13.9. The molecule has 3 nitrogen and oxygen atoms in total. The van der Waals surface area contributed by atoms with Crippen molar-refractivity contribution >= 4 is 23.3 Å². The maximum Gasteiger partial charge on any atom is 0.258 e. The van der Waals surface area contributed by atoms with Crippen molar-refractivity contribution < 1.29 is 14.0 Å². The summed E-state index contributed by atoms with van der Waals surface area (Å²) in [5.41, 5.74) is 0.603. The first-order chi connectivity index (χ1) is 11.6. The molecule has 1 saturated heterocycles. The van der Waals surface area contributed by atoms with Gasteiger partial charge >= 0.3 is 0 Å². The molecule has 1 amide bonds. The fourth-order valence-corrected chi connectivity index (χ4v) is 3.29. The Hall–Kier alpha value is -2.20. The predicted molar refractivity (Wildman–Crippen MR) is 90.8 cm³/mol. The van der Waals surface area contributed by atoms with E-state index < -0.39 is 11.7 Å². The molecule has 24 heavy (non-hydrogen) atoms. The van der Waals surface area contributed by atoms with Gasteiger partial charge < -0.3 is 4.90 Å². The van der Waals surface area contributed by atoms with Gasteiger partial charge in [-0.25, -0.2) is 4.39 Å². The molecule has 1 heterocycles. The minimum atomic E-state index is -0.616. The lowest BCUT2D eigenvalue weighted by Gasteiger charge is -2.31. The summed E-state index contributed by atoms with van der Waals surface area (Å²) in [6.45, 7) is 0.847. The van der Waals surface area contributed by atoms with Gasteiger partial charge in [-0.3, -0.25) is 9.59 Å². The fraction of sp³-hybridized carbons (Fsp3) is 0.263. The monoisotopic (exact) mass is 345 g/mol. The van der Waals surface area contributed by atoms with E-state index in [9.17, 15) is 14.0 Å². The molecule has 2 aromatic carbocycles. The minimum absolute atomic E-state index is 0.0907. The average molecular weight is 346 g/mol. The Morgan fingerprint density at radius 3 is 2.29 bits per heavy atom. The van der Waals surface area contributed by atoms with Crippen LogP contribution in [-0.2, 0) is 0 Å². The van der Waals surface area contributed by atoms with Gasteiger partial charge in [-0.15, -0.1) is 0 Å². The molecule has 1 fully saturated rings. The quantitative estimate of drug-likeness (QED) is 0.781. The molecule has 1 aliphatic rings. The molecule has 0 radical (unpaired) electrons. The molecule has 0 atom stereocenters. The van der Waals surface area contributed by atoms with Gasteiger partial charge in [0.1, 0.15) is 5.82 Å². The van der Waals surface area contributed by atoms with E-state index in [0.29, 0.717) is 31.5 Å². The van der Waals surface area contributed by atoms with E-state index in [-0.39, 0.29) is 22.3 Å². The van der Waals surface area contributed by atoms with Crippen molar-refractivity contribution in [3.8, 4) is 0 Å². The summed E-state index contributed by atoms with van der Waals surface area (Å²) >= 11 is 5.96. The zero-order chi connectivity index (χ0) is 17.1. The van der Waals surface area contributed by atoms with Crippen molar-refractivity contribution in [2.45, 2.75) is 12.8 Å². The highest BCUT2D eigenvalue weighted by Crippen LogP contribution is 2.26. The van der Waals surface area contributed by atoms with E-state index in [2.05, 4.69) is 0 Å². The molecule has 0 N–H and O–H groups in total. The van der Waals surface area contributed by atoms with Crippen LogP contribution in [0.15, 0.2) is 48.5 Å². The number of nitrogens with zero attached hydrogens (tertiary/aromatic N) is 1. The fourth-order valence-electron chi connectivity index (χ4n) is 3.04. The standard InChI is InChI=1S/C19H17ClFNO2/c20-15-7-4-8-16(21)17(15)19(24)22-11-9-14(10-12-22)18(23)13-5-2-1-3-6-13/h1-8,14H,9-12H2. The summed E-state index contributed by atoms with van der Waals surface area (Å²) in [5, 5.41) is 0.113. The Morgan fingerprint density at radius 1 is 1.00 bits per heavy atom. The van der Waals surface area contributed by atoms with Gasteiger partial charge in [-0.1, -0.05) is 48.0 Å². The van der Waals surface area contributed by atoms with Gasteiger partial charge in [0, 0.05) is 24.6 Å². The van der Waals surface area contributed by atoms with Crippen LogP contribution in [0.2, 0.25) is 5.02 Å². The summed E-state index contributed by atoms with van der Waals surface area (Å²) < 4.78 is 13.9. The lowest BCUT2D eigenvalue weighted by molar-refractivity contribution is 0.0646. The molecule has 124 valence electrons. The number of hydrogen-bond acceptors (Lipinski definition) is 2. The third kappa shape index (κ3) is 3.34. The number of halogens is 2. The predicted octanol–water partition coefficient (Wildman–Crippen LogP) is 4.21. The number of ketones is 1. The number of piperidine rings is 1. The first-order valence-electron chi connectivity index (χ1n) is 7.90. The summed E-state index contributed by atoms with van der Waals surface area (Å²) in [6.07, 6.45) is 1.15. The van der Waals surface area contributed by atoms with Crippen LogP contribution in [0.4, 0.5) is 4.39 Å². The van der Waals surface area contributed by atoms with Gasteiger partial charge in [0.15, 0.2) is 5.78 Å². The zero-order valence-electron chi connectivity index (χ0n) is 13.0. The molecule has 1 aliphatic heterocycles. The van der Waals surface area contributed by atoms with Crippen molar-refractivity contribution in [1.29, 1.82) is 0 Å². The zero-order valence-corrected chi connectivity index (χ0v) is 13.8. The third-order valence-electron chi connectivity index (χ3n) is 4.39. The van der Waals surface area contributed by atoms with Gasteiger partial charge in [-0.05, 0) is 25.0 Å². The summed E-state index contributed by atoms with van der Waals surface area (Å²) in [7, 11) is 0. The second-order valence-corrected chi connectivity index (χ2v) is 6.30. The van der Waals surface area contributed by atoms with Crippen LogP contribution in [0, 0.1) is 11.7 Å². The topological polar surface area (TPSA) is 37.4 Å². The van der Waals surface area contributed by atoms with Gasteiger partial charge in [-0.2, -0.15) is 0 Å². The van der Waals surface area contributed by atoms with E-state index in [4.69, 9.17) is 11.6 Å². The summed E-state index contributed by atoms with van der Waals surface area (Å²) in [4.78, 5) is 26.5. The first kappa shape index (κ1) is 16.7.